The molecule has 14 rings (SSSR count). The molecular formula is C72H46. The van der Waals surface area contributed by atoms with Crippen molar-refractivity contribution >= 4 is 64.6 Å². The van der Waals surface area contributed by atoms with E-state index in [0.717, 1.165) is 0 Å². The summed E-state index contributed by atoms with van der Waals surface area (Å²) >= 11 is 0. The van der Waals surface area contributed by atoms with Crippen LogP contribution < -0.4 is 0 Å². The molecule has 0 radical (unpaired) electrons. The average molecular weight is 911 g/mol. The van der Waals surface area contributed by atoms with Gasteiger partial charge in [-0.3, -0.25) is 0 Å². The van der Waals surface area contributed by atoms with Crippen LogP contribution in [0.4, 0.5) is 0 Å². The highest BCUT2D eigenvalue weighted by Gasteiger charge is 2.20. The fourth-order valence-electron chi connectivity index (χ4n) is 11.8. The first kappa shape index (κ1) is 41.6. The molecule has 0 heteroatoms. The summed E-state index contributed by atoms with van der Waals surface area (Å²) in [6.07, 6.45) is 0. The molecule has 0 aliphatic carbocycles. The van der Waals surface area contributed by atoms with Gasteiger partial charge in [0.15, 0.2) is 0 Å². The molecule has 0 saturated carbocycles. The van der Waals surface area contributed by atoms with Gasteiger partial charge in [0.1, 0.15) is 0 Å². The van der Waals surface area contributed by atoms with Crippen LogP contribution in [-0.2, 0) is 0 Å². The second-order valence-electron chi connectivity index (χ2n) is 19.1. The van der Waals surface area contributed by atoms with Gasteiger partial charge < -0.3 is 0 Å². The lowest BCUT2D eigenvalue weighted by atomic mass is 9.85. The highest BCUT2D eigenvalue weighted by molar-refractivity contribution is 6.23. The van der Waals surface area contributed by atoms with E-state index in [0.29, 0.717) is 0 Å². The molecule has 0 aliphatic rings. The first-order valence-electron chi connectivity index (χ1n) is 25.0. The van der Waals surface area contributed by atoms with Gasteiger partial charge in [0, 0.05) is 0 Å². The van der Waals surface area contributed by atoms with Crippen LogP contribution in [-0.4, -0.2) is 0 Å². The van der Waals surface area contributed by atoms with Crippen molar-refractivity contribution in [3.05, 3.63) is 279 Å². The van der Waals surface area contributed by atoms with Crippen LogP contribution in [0.25, 0.3) is 143 Å². The minimum absolute atomic E-state index is 1.19. The fourth-order valence-corrected chi connectivity index (χ4v) is 11.8. The predicted molar refractivity (Wildman–Crippen MR) is 310 cm³/mol. The monoisotopic (exact) mass is 910 g/mol. The Balaban J connectivity index is 0.938. The van der Waals surface area contributed by atoms with Crippen molar-refractivity contribution in [1.29, 1.82) is 0 Å². The Morgan fingerprint density at radius 3 is 0.861 bits per heavy atom. The number of hydrogen-bond donors (Lipinski definition) is 0. The van der Waals surface area contributed by atoms with E-state index < -0.39 is 0 Å². The van der Waals surface area contributed by atoms with Crippen molar-refractivity contribution in [1.82, 2.24) is 0 Å². The summed E-state index contributed by atoms with van der Waals surface area (Å²) in [5.41, 5.74) is 17.2. The number of fused-ring (bicyclic) bond motifs is 7. The zero-order valence-corrected chi connectivity index (χ0v) is 39.6. The molecule has 334 valence electrons. The van der Waals surface area contributed by atoms with Crippen molar-refractivity contribution in [2.75, 3.05) is 0 Å². The van der Waals surface area contributed by atoms with Crippen LogP contribution >= 0.6 is 0 Å². The highest BCUT2D eigenvalue weighted by Crippen LogP contribution is 2.47. The lowest BCUT2D eigenvalue weighted by molar-refractivity contribution is 1.62. The first-order chi connectivity index (χ1) is 35.7. The Bertz CT molecular complexity index is 4300. The largest absolute Gasteiger partial charge is 0.0622 e. The molecule has 0 aliphatic heterocycles. The molecule has 0 unspecified atom stereocenters. The van der Waals surface area contributed by atoms with Gasteiger partial charge in [0.25, 0.3) is 0 Å². The lowest BCUT2D eigenvalue weighted by Crippen LogP contribution is -1.91. The standard InChI is InChI=1S/C72H46/c1-4-20-47(21-5-1)66-46-54-39-38-52(50-26-18-28-55(42-50)71-62-34-14-10-30-58(62)69(48-22-6-2-7-23-48)59-31-11-15-35-63(59)71)44-67(54)68-45-53(40-41-57(66)68)51-27-19-29-56(43-51)72-64-36-16-12-32-60(64)70(49-24-8-3-9-25-49)61-33-13-17-37-65(61)72/h1-46H. The molecule has 0 heterocycles. The number of hydrogen-bond acceptors (Lipinski definition) is 0. The molecule has 0 bridgehead atoms. The topological polar surface area (TPSA) is 0 Å². The Morgan fingerprint density at radius 1 is 0.139 bits per heavy atom. The second-order valence-corrected chi connectivity index (χ2v) is 19.1. The zero-order valence-electron chi connectivity index (χ0n) is 39.6. The second kappa shape index (κ2) is 17.2. The third-order valence-corrected chi connectivity index (χ3v) is 15.0. The van der Waals surface area contributed by atoms with Gasteiger partial charge in [-0.2, -0.15) is 0 Å². The first-order valence-corrected chi connectivity index (χ1v) is 25.0. The predicted octanol–water partition coefficient (Wildman–Crippen LogP) is 20.3. The SMILES string of the molecule is c1ccc(-c2c3ccccc3c(-c3cccc(-c4ccc5cc(-c6ccccc6)c6ccc(-c7cccc(-c8c9ccccc9c(-c9ccccc9)c9ccccc89)c7)cc6c5c4)c3)c3ccccc23)cc1. The molecule has 72 heavy (non-hydrogen) atoms. The number of benzene rings is 14. The third-order valence-electron chi connectivity index (χ3n) is 15.0. The number of rotatable bonds is 7. The van der Waals surface area contributed by atoms with Crippen LogP contribution in [0.15, 0.2) is 279 Å². The van der Waals surface area contributed by atoms with Gasteiger partial charge in [0.05, 0.1) is 0 Å². The lowest BCUT2D eigenvalue weighted by Gasteiger charge is -2.18. The van der Waals surface area contributed by atoms with Crippen LogP contribution in [0.3, 0.4) is 0 Å². The van der Waals surface area contributed by atoms with Gasteiger partial charge in [0.2, 0.25) is 0 Å². The normalized spacial score (nSPS) is 11.6. The summed E-state index contributed by atoms with van der Waals surface area (Å²) < 4.78 is 0. The molecule has 0 fully saturated rings. The van der Waals surface area contributed by atoms with Gasteiger partial charge >= 0.3 is 0 Å². The van der Waals surface area contributed by atoms with E-state index in [1.807, 2.05) is 0 Å². The third kappa shape index (κ3) is 6.91. The molecule has 0 nitrogen and oxygen atoms in total. The summed E-state index contributed by atoms with van der Waals surface area (Å²) in [5, 5.41) is 15.0. The van der Waals surface area contributed by atoms with E-state index in [9.17, 15) is 0 Å². The van der Waals surface area contributed by atoms with E-state index in [1.165, 1.54) is 143 Å². The van der Waals surface area contributed by atoms with E-state index in [4.69, 9.17) is 0 Å². The van der Waals surface area contributed by atoms with E-state index >= 15 is 0 Å². The molecule has 0 amide bonds. The van der Waals surface area contributed by atoms with Gasteiger partial charge in [-0.1, -0.05) is 249 Å². The van der Waals surface area contributed by atoms with Gasteiger partial charge in [-0.05, 0) is 173 Å². The molecule has 0 atom stereocenters. The molecule has 14 aromatic carbocycles. The average Bonchev–Trinajstić information content (AvgIpc) is 3.46. The van der Waals surface area contributed by atoms with Crippen molar-refractivity contribution in [2.45, 2.75) is 0 Å². The summed E-state index contributed by atoms with van der Waals surface area (Å²) in [4.78, 5) is 0. The molecule has 0 aromatic heterocycles. The van der Waals surface area contributed by atoms with Crippen LogP contribution in [0.5, 0.6) is 0 Å². The van der Waals surface area contributed by atoms with Crippen molar-refractivity contribution < 1.29 is 0 Å². The van der Waals surface area contributed by atoms with Crippen LogP contribution in [0.1, 0.15) is 0 Å². The Hall–Kier alpha value is -9.36. The highest BCUT2D eigenvalue weighted by atomic mass is 14.2. The maximum absolute atomic E-state index is 2.44. The quantitative estimate of drug-likeness (QED) is 0.110. The minimum Gasteiger partial charge on any atom is -0.0622 e. The fraction of sp³-hybridized carbons (Fsp3) is 0. The summed E-state index contributed by atoms with van der Waals surface area (Å²) in [6, 6.07) is 103. The Morgan fingerprint density at radius 2 is 0.444 bits per heavy atom. The van der Waals surface area contributed by atoms with Crippen LogP contribution in [0.2, 0.25) is 0 Å². The van der Waals surface area contributed by atoms with Crippen molar-refractivity contribution in [3.63, 3.8) is 0 Å². The summed E-state index contributed by atoms with van der Waals surface area (Å²) in [5.74, 6) is 0. The molecule has 14 aromatic rings. The van der Waals surface area contributed by atoms with Crippen LogP contribution in [0, 0.1) is 0 Å². The smallest absolute Gasteiger partial charge is 0.00262 e. The van der Waals surface area contributed by atoms with Crippen molar-refractivity contribution in [2.24, 2.45) is 0 Å². The minimum atomic E-state index is 1.19. The maximum atomic E-state index is 2.44. The van der Waals surface area contributed by atoms with E-state index in [1.54, 1.807) is 0 Å². The summed E-state index contributed by atoms with van der Waals surface area (Å²) in [7, 11) is 0. The molecular weight excluding hydrogens is 865 g/mol. The summed E-state index contributed by atoms with van der Waals surface area (Å²) in [6.45, 7) is 0. The Labute approximate surface area is 419 Å². The molecule has 0 spiro atoms. The van der Waals surface area contributed by atoms with Crippen molar-refractivity contribution in [3.8, 4) is 77.9 Å². The molecule has 0 saturated heterocycles. The zero-order chi connectivity index (χ0) is 47.5. The van der Waals surface area contributed by atoms with Gasteiger partial charge in [-0.15, -0.1) is 0 Å². The molecule has 0 N–H and O–H groups in total. The maximum Gasteiger partial charge on any atom is -0.00262 e. The van der Waals surface area contributed by atoms with Gasteiger partial charge in [-0.25, -0.2) is 0 Å². The van der Waals surface area contributed by atoms with E-state index in [2.05, 4.69) is 279 Å². The Kier molecular flexibility index (Phi) is 9.96. The van der Waals surface area contributed by atoms with E-state index in [-0.39, 0.29) is 0 Å².